The molecule has 1 atom stereocenters. The van der Waals surface area contributed by atoms with Gasteiger partial charge in [0.15, 0.2) is 5.13 Å². The lowest BCUT2D eigenvalue weighted by molar-refractivity contribution is 0.500. The Labute approximate surface area is 89.1 Å². The second-order valence-electron chi connectivity index (χ2n) is 3.88. The third-order valence-corrected chi connectivity index (χ3v) is 3.87. The highest BCUT2D eigenvalue weighted by molar-refractivity contribution is 7.15. The molecular weight excluding hydrogens is 194 g/mol. The normalized spacial score (nSPS) is 22.8. The molecule has 2 rings (SSSR count). The number of piperazine rings is 1. The second-order valence-corrected chi connectivity index (χ2v) is 5.07. The van der Waals surface area contributed by atoms with Gasteiger partial charge in [0.25, 0.3) is 0 Å². The second kappa shape index (κ2) is 3.87. The molecule has 1 fully saturated rings. The summed E-state index contributed by atoms with van der Waals surface area (Å²) in [6, 6.07) is 0.564. The molecule has 0 amide bonds. The number of hydrogen-bond acceptors (Lipinski definition) is 4. The van der Waals surface area contributed by atoms with Crippen molar-refractivity contribution in [2.45, 2.75) is 26.8 Å². The van der Waals surface area contributed by atoms with E-state index in [-0.39, 0.29) is 0 Å². The van der Waals surface area contributed by atoms with Crippen LogP contribution in [-0.4, -0.2) is 30.7 Å². The minimum atomic E-state index is 0.564. The Morgan fingerprint density at radius 1 is 1.50 bits per heavy atom. The molecule has 1 aliphatic rings. The molecule has 0 spiro atoms. The molecule has 1 aromatic rings. The van der Waals surface area contributed by atoms with Crippen LogP contribution >= 0.6 is 11.3 Å². The standard InChI is InChI=1S/C10H17N3S/c1-7-6-11-4-5-13(7)10-12-8(2)9(3)14-10/h7,11H,4-6H2,1-3H3. The lowest BCUT2D eigenvalue weighted by Crippen LogP contribution is -2.49. The predicted molar refractivity (Wildman–Crippen MR) is 61.3 cm³/mol. The summed E-state index contributed by atoms with van der Waals surface area (Å²) in [5.74, 6) is 0. The van der Waals surface area contributed by atoms with E-state index >= 15 is 0 Å². The van der Waals surface area contributed by atoms with Crippen LogP contribution in [0.15, 0.2) is 0 Å². The maximum Gasteiger partial charge on any atom is 0.186 e. The first-order valence-electron chi connectivity index (χ1n) is 5.10. The van der Waals surface area contributed by atoms with Crippen molar-refractivity contribution in [1.29, 1.82) is 0 Å². The summed E-state index contributed by atoms with van der Waals surface area (Å²) < 4.78 is 0. The van der Waals surface area contributed by atoms with Gasteiger partial charge in [-0.3, -0.25) is 0 Å². The zero-order chi connectivity index (χ0) is 10.1. The van der Waals surface area contributed by atoms with E-state index in [0.29, 0.717) is 6.04 Å². The molecule has 1 saturated heterocycles. The topological polar surface area (TPSA) is 28.2 Å². The number of anilines is 1. The van der Waals surface area contributed by atoms with E-state index in [9.17, 15) is 0 Å². The molecule has 2 heterocycles. The minimum Gasteiger partial charge on any atom is -0.343 e. The summed E-state index contributed by atoms with van der Waals surface area (Å²) >= 11 is 1.81. The van der Waals surface area contributed by atoms with E-state index in [1.165, 1.54) is 15.7 Å². The van der Waals surface area contributed by atoms with Crippen LogP contribution in [0, 0.1) is 13.8 Å². The van der Waals surface area contributed by atoms with Gasteiger partial charge in [-0.2, -0.15) is 0 Å². The molecule has 1 aromatic heterocycles. The predicted octanol–water partition coefficient (Wildman–Crippen LogP) is 1.56. The van der Waals surface area contributed by atoms with Gasteiger partial charge in [0.05, 0.1) is 5.69 Å². The van der Waals surface area contributed by atoms with Gasteiger partial charge in [-0.15, -0.1) is 11.3 Å². The van der Waals surface area contributed by atoms with Crippen molar-refractivity contribution in [1.82, 2.24) is 10.3 Å². The van der Waals surface area contributed by atoms with Crippen molar-refractivity contribution in [3.05, 3.63) is 10.6 Å². The van der Waals surface area contributed by atoms with Gasteiger partial charge >= 0.3 is 0 Å². The maximum atomic E-state index is 4.60. The molecule has 0 aliphatic carbocycles. The van der Waals surface area contributed by atoms with E-state index in [4.69, 9.17) is 0 Å². The van der Waals surface area contributed by atoms with Gasteiger partial charge < -0.3 is 10.2 Å². The number of nitrogens with one attached hydrogen (secondary N) is 1. The van der Waals surface area contributed by atoms with Crippen LogP contribution < -0.4 is 10.2 Å². The van der Waals surface area contributed by atoms with Crippen molar-refractivity contribution >= 4 is 16.5 Å². The van der Waals surface area contributed by atoms with Crippen molar-refractivity contribution in [3.8, 4) is 0 Å². The maximum absolute atomic E-state index is 4.60. The van der Waals surface area contributed by atoms with Crippen LogP contribution in [0.4, 0.5) is 5.13 Å². The molecule has 1 N–H and O–H groups in total. The number of aromatic nitrogens is 1. The third-order valence-electron chi connectivity index (χ3n) is 2.76. The summed E-state index contributed by atoms with van der Waals surface area (Å²) in [5.41, 5.74) is 1.18. The third kappa shape index (κ3) is 1.77. The van der Waals surface area contributed by atoms with Gasteiger partial charge in [0.2, 0.25) is 0 Å². The Bertz CT molecular complexity index is 302. The van der Waals surface area contributed by atoms with Crippen molar-refractivity contribution in [2.24, 2.45) is 0 Å². The monoisotopic (exact) mass is 211 g/mol. The average molecular weight is 211 g/mol. The Morgan fingerprint density at radius 2 is 2.29 bits per heavy atom. The van der Waals surface area contributed by atoms with Crippen LogP contribution in [0.1, 0.15) is 17.5 Å². The number of thiazole rings is 1. The average Bonchev–Trinajstić information content (AvgIpc) is 2.48. The fourth-order valence-corrected chi connectivity index (χ4v) is 2.74. The molecule has 1 aliphatic heterocycles. The quantitative estimate of drug-likeness (QED) is 0.764. The first-order valence-corrected chi connectivity index (χ1v) is 5.91. The molecule has 0 bridgehead atoms. The smallest absolute Gasteiger partial charge is 0.186 e. The Morgan fingerprint density at radius 3 is 2.86 bits per heavy atom. The van der Waals surface area contributed by atoms with Gasteiger partial charge in [-0.25, -0.2) is 4.98 Å². The largest absolute Gasteiger partial charge is 0.343 e. The molecule has 78 valence electrons. The van der Waals surface area contributed by atoms with Crippen LogP contribution in [0.2, 0.25) is 0 Å². The molecule has 14 heavy (non-hydrogen) atoms. The molecule has 1 unspecified atom stereocenters. The van der Waals surface area contributed by atoms with Gasteiger partial charge in [-0.1, -0.05) is 0 Å². The summed E-state index contributed by atoms with van der Waals surface area (Å²) in [6.07, 6.45) is 0. The van der Waals surface area contributed by atoms with Crippen LogP contribution in [-0.2, 0) is 0 Å². The number of nitrogens with zero attached hydrogens (tertiary/aromatic N) is 2. The van der Waals surface area contributed by atoms with Gasteiger partial charge in [-0.05, 0) is 20.8 Å². The first-order chi connectivity index (χ1) is 6.68. The zero-order valence-corrected chi connectivity index (χ0v) is 9.82. The van der Waals surface area contributed by atoms with E-state index < -0.39 is 0 Å². The lowest BCUT2D eigenvalue weighted by Gasteiger charge is -2.33. The number of rotatable bonds is 1. The lowest BCUT2D eigenvalue weighted by atomic mass is 10.2. The highest BCUT2D eigenvalue weighted by Crippen LogP contribution is 2.26. The van der Waals surface area contributed by atoms with Crippen LogP contribution in [0.3, 0.4) is 0 Å². The molecular formula is C10H17N3S. The first kappa shape index (κ1) is 9.93. The molecule has 0 radical (unpaired) electrons. The van der Waals surface area contributed by atoms with Crippen LogP contribution in [0.5, 0.6) is 0 Å². The van der Waals surface area contributed by atoms with E-state index in [0.717, 1.165) is 19.6 Å². The fraction of sp³-hybridized carbons (Fsp3) is 0.700. The Kier molecular flexibility index (Phi) is 2.74. The van der Waals surface area contributed by atoms with Crippen molar-refractivity contribution < 1.29 is 0 Å². The van der Waals surface area contributed by atoms with Gasteiger partial charge in [0, 0.05) is 30.6 Å². The number of hydrogen-bond donors (Lipinski definition) is 1. The molecule has 3 nitrogen and oxygen atoms in total. The summed E-state index contributed by atoms with van der Waals surface area (Å²) in [4.78, 5) is 8.34. The van der Waals surface area contributed by atoms with E-state index in [1.54, 1.807) is 0 Å². The highest BCUT2D eigenvalue weighted by atomic mass is 32.1. The summed E-state index contributed by atoms with van der Waals surface area (Å²) in [7, 11) is 0. The van der Waals surface area contributed by atoms with Gasteiger partial charge in [0.1, 0.15) is 0 Å². The Hall–Kier alpha value is -0.610. The summed E-state index contributed by atoms with van der Waals surface area (Å²) in [6.45, 7) is 9.69. The molecule has 0 saturated carbocycles. The minimum absolute atomic E-state index is 0.564. The summed E-state index contributed by atoms with van der Waals surface area (Å²) in [5, 5.41) is 4.58. The van der Waals surface area contributed by atoms with Crippen molar-refractivity contribution in [3.63, 3.8) is 0 Å². The number of aryl methyl sites for hydroxylation is 2. The van der Waals surface area contributed by atoms with E-state index in [2.05, 4.69) is 36.0 Å². The SMILES string of the molecule is Cc1nc(N2CCNCC2C)sc1C. The Balaban J connectivity index is 2.20. The fourth-order valence-electron chi connectivity index (χ4n) is 1.70. The molecule has 0 aromatic carbocycles. The highest BCUT2D eigenvalue weighted by Gasteiger charge is 2.21. The van der Waals surface area contributed by atoms with Crippen molar-refractivity contribution in [2.75, 3.05) is 24.5 Å². The van der Waals surface area contributed by atoms with E-state index in [1.807, 2.05) is 11.3 Å². The van der Waals surface area contributed by atoms with Crippen LogP contribution in [0.25, 0.3) is 0 Å². The zero-order valence-electron chi connectivity index (χ0n) is 9.00. The molecule has 4 heteroatoms.